The number of aromatic hydroxyl groups is 1. The molecule has 0 aliphatic heterocycles. The molecule has 2 heteroatoms. The predicted molar refractivity (Wildman–Crippen MR) is 51.8 cm³/mol. The first kappa shape index (κ1) is 8.91. The third-order valence-electron chi connectivity index (χ3n) is 2.11. The highest BCUT2D eigenvalue weighted by atomic mass is 16.3. The molecule has 0 saturated carbocycles. The normalized spacial score (nSPS) is 9.92. The zero-order valence-electron chi connectivity index (χ0n) is 7.81. The van der Waals surface area contributed by atoms with Crippen LogP contribution < -0.4 is 5.32 Å². The molecule has 0 saturated heterocycles. The number of hydrogen-bond donors (Lipinski definition) is 2. The van der Waals surface area contributed by atoms with Crippen LogP contribution >= 0.6 is 0 Å². The standard InChI is InChI=1S/C10H15NO/c1-4-8-9(11-3)6-5-7(2)10(8)12/h5-6,11-12H,4H2,1-3H3. The van der Waals surface area contributed by atoms with Gasteiger partial charge in [0.25, 0.3) is 0 Å². The minimum absolute atomic E-state index is 0.421. The summed E-state index contributed by atoms with van der Waals surface area (Å²) < 4.78 is 0. The molecule has 0 amide bonds. The van der Waals surface area contributed by atoms with Crippen LogP contribution in [0.25, 0.3) is 0 Å². The van der Waals surface area contributed by atoms with Gasteiger partial charge in [0, 0.05) is 18.3 Å². The molecule has 66 valence electrons. The van der Waals surface area contributed by atoms with Crippen LogP contribution in [0.2, 0.25) is 0 Å². The molecule has 0 heterocycles. The quantitative estimate of drug-likeness (QED) is 0.704. The van der Waals surface area contributed by atoms with Crippen molar-refractivity contribution < 1.29 is 5.11 Å². The van der Waals surface area contributed by atoms with Crippen molar-refractivity contribution in [2.24, 2.45) is 0 Å². The molecule has 0 fully saturated rings. The maximum Gasteiger partial charge on any atom is 0.123 e. The lowest BCUT2D eigenvalue weighted by atomic mass is 10.1. The van der Waals surface area contributed by atoms with Gasteiger partial charge in [-0.3, -0.25) is 0 Å². The summed E-state index contributed by atoms with van der Waals surface area (Å²) in [5, 5.41) is 12.7. The fourth-order valence-electron chi connectivity index (χ4n) is 1.35. The van der Waals surface area contributed by atoms with E-state index >= 15 is 0 Å². The summed E-state index contributed by atoms with van der Waals surface area (Å²) >= 11 is 0. The van der Waals surface area contributed by atoms with Crippen LogP contribution in [0.3, 0.4) is 0 Å². The van der Waals surface area contributed by atoms with E-state index in [0.29, 0.717) is 5.75 Å². The van der Waals surface area contributed by atoms with E-state index in [1.54, 1.807) is 0 Å². The minimum Gasteiger partial charge on any atom is -0.507 e. The summed E-state index contributed by atoms with van der Waals surface area (Å²) in [6, 6.07) is 3.91. The fraction of sp³-hybridized carbons (Fsp3) is 0.400. The lowest BCUT2D eigenvalue weighted by molar-refractivity contribution is 0.465. The average Bonchev–Trinajstić information content (AvgIpc) is 2.09. The summed E-state index contributed by atoms with van der Waals surface area (Å²) in [5.41, 5.74) is 2.95. The van der Waals surface area contributed by atoms with E-state index in [1.807, 2.05) is 33.0 Å². The maximum atomic E-state index is 9.67. The first-order valence-corrected chi connectivity index (χ1v) is 4.19. The van der Waals surface area contributed by atoms with E-state index in [2.05, 4.69) is 5.32 Å². The lowest BCUT2D eigenvalue weighted by Crippen LogP contribution is -1.95. The summed E-state index contributed by atoms with van der Waals surface area (Å²) in [6.45, 7) is 3.95. The molecular weight excluding hydrogens is 150 g/mol. The molecule has 12 heavy (non-hydrogen) atoms. The molecule has 0 atom stereocenters. The second-order valence-corrected chi connectivity index (χ2v) is 2.86. The van der Waals surface area contributed by atoms with Crippen molar-refractivity contribution in [2.45, 2.75) is 20.3 Å². The number of phenolic OH excluding ortho intramolecular Hbond substituents is 1. The number of nitrogens with one attached hydrogen (secondary N) is 1. The molecule has 0 bridgehead atoms. The van der Waals surface area contributed by atoms with E-state index < -0.39 is 0 Å². The van der Waals surface area contributed by atoms with Crippen LogP contribution in [0.4, 0.5) is 5.69 Å². The number of benzene rings is 1. The van der Waals surface area contributed by atoms with Gasteiger partial charge in [-0.05, 0) is 25.0 Å². The second-order valence-electron chi connectivity index (χ2n) is 2.86. The Hall–Kier alpha value is -1.18. The van der Waals surface area contributed by atoms with Crippen LogP contribution in [0.15, 0.2) is 12.1 Å². The van der Waals surface area contributed by atoms with Crippen LogP contribution in [-0.2, 0) is 6.42 Å². The highest BCUT2D eigenvalue weighted by Crippen LogP contribution is 2.28. The van der Waals surface area contributed by atoms with Crippen molar-refractivity contribution >= 4 is 5.69 Å². The molecule has 0 aliphatic rings. The van der Waals surface area contributed by atoms with Gasteiger partial charge in [0.1, 0.15) is 5.75 Å². The summed E-state index contributed by atoms with van der Waals surface area (Å²) in [6.07, 6.45) is 0.851. The molecule has 1 aromatic carbocycles. The number of hydrogen-bond acceptors (Lipinski definition) is 2. The van der Waals surface area contributed by atoms with Gasteiger partial charge in [-0.15, -0.1) is 0 Å². The molecule has 2 nitrogen and oxygen atoms in total. The molecule has 0 radical (unpaired) electrons. The maximum absolute atomic E-state index is 9.67. The van der Waals surface area contributed by atoms with Crippen LogP contribution in [-0.4, -0.2) is 12.2 Å². The van der Waals surface area contributed by atoms with Gasteiger partial charge in [-0.25, -0.2) is 0 Å². The molecule has 0 aliphatic carbocycles. The van der Waals surface area contributed by atoms with Gasteiger partial charge in [0.2, 0.25) is 0 Å². The van der Waals surface area contributed by atoms with Crippen LogP contribution in [0.5, 0.6) is 5.75 Å². The van der Waals surface area contributed by atoms with Crippen molar-refractivity contribution in [1.82, 2.24) is 0 Å². The number of aryl methyl sites for hydroxylation is 1. The topological polar surface area (TPSA) is 32.3 Å². The molecule has 1 aromatic rings. The Kier molecular flexibility index (Phi) is 2.58. The largest absolute Gasteiger partial charge is 0.507 e. The first-order chi connectivity index (χ1) is 5.70. The predicted octanol–water partition coefficient (Wildman–Crippen LogP) is 2.30. The third kappa shape index (κ3) is 1.37. The highest BCUT2D eigenvalue weighted by Gasteiger charge is 2.06. The van der Waals surface area contributed by atoms with E-state index in [9.17, 15) is 5.11 Å². The van der Waals surface area contributed by atoms with E-state index in [4.69, 9.17) is 0 Å². The van der Waals surface area contributed by atoms with E-state index in [0.717, 1.165) is 23.2 Å². The van der Waals surface area contributed by atoms with Gasteiger partial charge in [-0.1, -0.05) is 13.0 Å². The van der Waals surface area contributed by atoms with Gasteiger partial charge < -0.3 is 10.4 Å². The number of phenols is 1. The Bertz CT molecular complexity index is 281. The highest BCUT2D eigenvalue weighted by molar-refractivity contribution is 5.59. The zero-order valence-corrected chi connectivity index (χ0v) is 7.81. The first-order valence-electron chi connectivity index (χ1n) is 4.19. The molecule has 0 aromatic heterocycles. The summed E-state index contributed by atoms with van der Waals surface area (Å²) in [7, 11) is 1.86. The lowest BCUT2D eigenvalue weighted by Gasteiger charge is -2.10. The average molecular weight is 165 g/mol. The van der Waals surface area contributed by atoms with Gasteiger partial charge in [0.05, 0.1) is 0 Å². The molecule has 2 N–H and O–H groups in total. The molecule has 0 unspecified atom stereocenters. The second kappa shape index (κ2) is 3.48. The minimum atomic E-state index is 0.421. The Morgan fingerprint density at radius 1 is 1.42 bits per heavy atom. The van der Waals surface area contributed by atoms with Gasteiger partial charge >= 0.3 is 0 Å². The van der Waals surface area contributed by atoms with Crippen molar-refractivity contribution in [2.75, 3.05) is 12.4 Å². The van der Waals surface area contributed by atoms with Crippen molar-refractivity contribution in [3.05, 3.63) is 23.3 Å². The molecule has 1 rings (SSSR count). The van der Waals surface area contributed by atoms with Gasteiger partial charge in [-0.2, -0.15) is 0 Å². The van der Waals surface area contributed by atoms with Gasteiger partial charge in [0.15, 0.2) is 0 Å². The summed E-state index contributed by atoms with van der Waals surface area (Å²) in [4.78, 5) is 0. The Morgan fingerprint density at radius 3 is 2.58 bits per heavy atom. The van der Waals surface area contributed by atoms with Crippen molar-refractivity contribution in [1.29, 1.82) is 0 Å². The van der Waals surface area contributed by atoms with Crippen molar-refractivity contribution in [3.8, 4) is 5.75 Å². The Balaban J connectivity index is 3.25. The Morgan fingerprint density at radius 2 is 2.08 bits per heavy atom. The number of rotatable bonds is 2. The summed E-state index contributed by atoms with van der Waals surface area (Å²) in [5.74, 6) is 0.421. The van der Waals surface area contributed by atoms with E-state index in [1.165, 1.54) is 0 Å². The van der Waals surface area contributed by atoms with E-state index in [-0.39, 0.29) is 0 Å². The van der Waals surface area contributed by atoms with Crippen LogP contribution in [0.1, 0.15) is 18.1 Å². The molecule has 0 spiro atoms. The molecular formula is C10H15NO. The number of anilines is 1. The third-order valence-corrected chi connectivity index (χ3v) is 2.11. The zero-order chi connectivity index (χ0) is 9.14. The van der Waals surface area contributed by atoms with Crippen LogP contribution in [0, 0.1) is 6.92 Å². The monoisotopic (exact) mass is 165 g/mol. The fourth-order valence-corrected chi connectivity index (χ4v) is 1.35. The smallest absolute Gasteiger partial charge is 0.123 e. The Labute approximate surface area is 73.2 Å². The SMILES string of the molecule is CCc1c(NC)ccc(C)c1O. The van der Waals surface area contributed by atoms with Crippen molar-refractivity contribution in [3.63, 3.8) is 0 Å².